The van der Waals surface area contributed by atoms with Crippen LogP contribution in [-0.2, 0) is 0 Å². The lowest BCUT2D eigenvalue weighted by Gasteiger charge is -2.19. The Morgan fingerprint density at radius 2 is 2.28 bits per heavy atom. The molecule has 98 valence electrons. The maximum Gasteiger partial charge on any atom is 0.255 e. The maximum atomic E-state index is 12.1. The number of phenolic OH excluding ortho intramolecular Hbond substituents is 1. The molecular weight excluding hydrogens is 250 g/mol. The Morgan fingerprint density at radius 3 is 3.00 bits per heavy atom. The molecule has 0 radical (unpaired) electrons. The average Bonchev–Trinajstić information content (AvgIpc) is 2.79. The number of amides is 1. The first kappa shape index (κ1) is 13.2. The number of hydrogen-bond donors (Lipinski definition) is 2. The van der Waals surface area contributed by atoms with Crippen LogP contribution < -0.4 is 5.32 Å². The monoisotopic (exact) mass is 267 g/mol. The fourth-order valence-electron chi connectivity index (χ4n) is 2.50. The van der Waals surface area contributed by atoms with Gasteiger partial charge in [0.15, 0.2) is 0 Å². The Bertz CT molecular complexity index is 447. The Labute approximate surface area is 112 Å². The van der Waals surface area contributed by atoms with Crippen molar-refractivity contribution in [3.8, 4) is 5.75 Å². The molecule has 1 fully saturated rings. The Balaban J connectivity index is 2.10. The standard InChI is InChI=1S/C14H18ClNO2/c1-9-4-2-6-11(13(9)17)14(18)16-12-7-3-5-10(12)8-15/h2,4,6,10,12,17H,3,5,7-8H2,1H3,(H,16,18). The fraction of sp³-hybridized carbons (Fsp3) is 0.500. The third kappa shape index (κ3) is 2.61. The molecule has 1 aromatic rings. The molecule has 0 saturated heterocycles. The summed E-state index contributed by atoms with van der Waals surface area (Å²) in [6.45, 7) is 1.78. The van der Waals surface area contributed by atoms with Crippen LogP contribution in [0.5, 0.6) is 5.75 Å². The van der Waals surface area contributed by atoms with Gasteiger partial charge in [0.1, 0.15) is 5.75 Å². The van der Waals surface area contributed by atoms with Crippen LogP contribution >= 0.6 is 11.6 Å². The van der Waals surface area contributed by atoms with Crippen molar-refractivity contribution in [1.82, 2.24) is 5.32 Å². The van der Waals surface area contributed by atoms with Crippen molar-refractivity contribution in [2.75, 3.05) is 5.88 Å². The van der Waals surface area contributed by atoms with Gasteiger partial charge in [-0.2, -0.15) is 0 Å². The lowest BCUT2D eigenvalue weighted by Crippen LogP contribution is -2.38. The van der Waals surface area contributed by atoms with Gasteiger partial charge < -0.3 is 10.4 Å². The topological polar surface area (TPSA) is 49.3 Å². The summed E-state index contributed by atoms with van der Waals surface area (Å²) in [7, 11) is 0. The Hall–Kier alpha value is -1.22. The highest BCUT2D eigenvalue weighted by atomic mass is 35.5. The van der Waals surface area contributed by atoms with E-state index in [9.17, 15) is 9.90 Å². The van der Waals surface area contributed by atoms with Crippen LogP contribution in [0.25, 0.3) is 0 Å². The van der Waals surface area contributed by atoms with Gasteiger partial charge in [-0.05, 0) is 37.3 Å². The van der Waals surface area contributed by atoms with Crippen LogP contribution in [-0.4, -0.2) is 22.9 Å². The van der Waals surface area contributed by atoms with E-state index in [1.54, 1.807) is 25.1 Å². The quantitative estimate of drug-likeness (QED) is 0.828. The number of phenols is 1. The van der Waals surface area contributed by atoms with Gasteiger partial charge in [0.25, 0.3) is 5.91 Å². The van der Waals surface area contributed by atoms with Gasteiger partial charge in [-0.1, -0.05) is 18.6 Å². The lowest BCUT2D eigenvalue weighted by molar-refractivity contribution is 0.0927. The average molecular weight is 268 g/mol. The number of alkyl halides is 1. The number of carbonyl (C=O) groups excluding carboxylic acids is 1. The number of benzene rings is 1. The molecule has 3 nitrogen and oxygen atoms in total. The predicted molar refractivity (Wildman–Crippen MR) is 72.2 cm³/mol. The van der Waals surface area contributed by atoms with Crippen molar-refractivity contribution < 1.29 is 9.90 Å². The summed E-state index contributed by atoms with van der Waals surface area (Å²) < 4.78 is 0. The van der Waals surface area contributed by atoms with E-state index in [0.29, 0.717) is 22.9 Å². The van der Waals surface area contributed by atoms with E-state index in [-0.39, 0.29) is 17.7 Å². The van der Waals surface area contributed by atoms with Crippen LogP contribution in [0.15, 0.2) is 18.2 Å². The molecule has 1 aliphatic carbocycles. The van der Waals surface area contributed by atoms with Crippen molar-refractivity contribution in [3.05, 3.63) is 29.3 Å². The van der Waals surface area contributed by atoms with Gasteiger partial charge in [-0.15, -0.1) is 11.6 Å². The number of aryl methyl sites for hydroxylation is 1. The smallest absolute Gasteiger partial charge is 0.255 e. The van der Waals surface area contributed by atoms with Gasteiger partial charge >= 0.3 is 0 Å². The fourth-order valence-corrected chi connectivity index (χ4v) is 2.87. The summed E-state index contributed by atoms with van der Waals surface area (Å²) in [6, 6.07) is 5.33. The molecule has 2 N–H and O–H groups in total. The zero-order valence-electron chi connectivity index (χ0n) is 10.4. The lowest BCUT2D eigenvalue weighted by atomic mass is 10.0. The summed E-state index contributed by atoms with van der Waals surface area (Å²) in [5, 5.41) is 12.9. The van der Waals surface area contributed by atoms with Gasteiger partial charge in [-0.25, -0.2) is 0 Å². The van der Waals surface area contributed by atoms with E-state index >= 15 is 0 Å². The molecule has 0 bridgehead atoms. The third-order valence-electron chi connectivity index (χ3n) is 3.66. The number of halogens is 1. The van der Waals surface area contributed by atoms with E-state index in [1.807, 2.05) is 0 Å². The Morgan fingerprint density at radius 1 is 1.50 bits per heavy atom. The normalized spacial score (nSPS) is 23.0. The zero-order chi connectivity index (χ0) is 13.1. The highest BCUT2D eigenvalue weighted by Gasteiger charge is 2.28. The minimum atomic E-state index is -0.210. The van der Waals surface area contributed by atoms with Crippen LogP contribution in [0, 0.1) is 12.8 Å². The number of para-hydroxylation sites is 1. The molecule has 0 heterocycles. The molecule has 1 saturated carbocycles. The van der Waals surface area contributed by atoms with Gasteiger partial charge in [0.2, 0.25) is 0 Å². The molecule has 1 aromatic carbocycles. The first-order valence-corrected chi connectivity index (χ1v) is 6.82. The van der Waals surface area contributed by atoms with E-state index in [0.717, 1.165) is 19.3 Å². The minimum Gasteiger partial charge on any atom is -0.507 e. The third-order valence-corrected chi connectivity index (χ3v) is 4.05. The second-order valence-electron chi connectivity index (χ2n) is 4.90. The second kappa shape index (κ2) is 5.61. The summed E-state index contributed by atoms with van der Waals surface area (Å²) in [5.41, 5.74) is 1.05. The minimum absolute atomic E-state index is 0.0652. The van der Waals surface area contributed by atoms with Crippen molar-refractivity contribution in [2.45, 2.75) is 32.2 Å². The van der Waals surface area contributed by atoms with Gasteiger partial charge in [0.05, 0.1) is 5.56 Å². The van der Waals surface area contributed by atoms with Crippen molar-refractivity contribution in [2.24, 2.45) is 5.92 Å². The maximum absolute atomic E-state index is 12.1. The highest BCUT2D eigenvalue weighted by molar-refractivity contribution is 6.18. The van der Waals surface area contributed by atoms with Gasteiger partial charge in [0, 0.05) is 11.9 Å². The van der Waals surface area contributed by atoms with Crippen LogP contribution in [0.3, 0.4) is 0 Å². The number of aromatic hydroxyl groups is 1. The molecule has 1 aliphatic rings. The first-order chi connectivity index (χ1) is 8.63. The molecule has 0 aliphatic heterocycles. The number of nitrogens with one attached hydrogen (secondary N) is 1. The van der Waals surface area contributed by atoms with Crippen molar-refractivity contribution >= 4 is 17.5 Å². The molecular formula is C14H18ClNO2. The predicted octanol–water partition coefficient (Wildman–Crippen LogP) is 2.84. The summed E-state index contributed by atoms with van der Waals surface area (Å²) >= 11 is 5.89. The number of rotatable bonds is 3. The molecule has 18 heavy (non-hydrogen) atoms. The Kier molecular flexibility index (Phi) is 4.12. The van der Waals surface area contributed by atoms with E-state index in [1.165, 1.54) is 0 Å². The SMILES string of the molecule is Cc1cccc(C(=O)NC2CCCC2CCl)c1O. The number of carbonyl (C=O) groups is 1. The second-order valence-corrected chi connectivity index (χ2v) is 5.20. The van der Waals surface area contributed by atoms with E-state index in [2.05, 4.69) is 5.32 Å². The number of hydrogen-bond acceptors (Lipinski definition) is 2. The van der Waals surface area contributed by atoms with Crippen molar-refractivity contribution in [3.63, 3.8) is 0 Å². The van der Waals surface area contributed by atoms with Crippen LogP contribution in [0.2, 0.25) is 0 Å². The first-order valence-electron chi connectivity index (χ1n) is 6.29. The molecule has 1 amide bonds. The molecule has 0 aromatic heterocycles. The van der Waals surface area contributed by atoms with Crippen LogP contribution in [0.1, 0.15) is 35.2 Å². The van der Waals surface area contributed by atoms with E-state index < -0.39 is 0 Å². The highest BCUT2D eigenvalue weighted by Crippen LogP contribution is 2.28. The van der Waals surface area contributed by atoms with E-state index in [4.69, 9.17) is 11.6 Å². The molecule has 4 heteroatoms. The van der Waals surface area contributed by atoms with Crippen molar-refractivity contribution in [1.29, 1.82) is 0 Å². The van der Waals surface area contributed by atoms with Crippen LogP contribution in [0.4, 0.5) is 0 Å². The summed E-state index contributed by atoms with van der Waals surface area (Å²) in [6.07, 6.45) is 3.13. The molecule has 0 spiro atoms. The zero-order valence-corrected chi connectivity index (χ0v) is 11.2. The summed E-state index contributed by atoms with van der Waals surface area (Å²) in [4.78, 5) is 12.1. The molecule has 2 atom stereocenters. The molecule has 2 rings (SSSR count). The summed E-state index contributed by atoms with van der Waals surface area (Å²) in [5.74, 6) is 0.779. The molecule has 2 unspecified atom stereocenters. The van der Waals surface area contributed by atoms with Gasteiger partial charge in [-0.3, -0.25) is 4.79 Å². The largest absolute Gasteiger partial charge is 0.507 e.